The number of ether oxygens (including phenoxy) is 2. The number of hydrogen-bond donors (Lipinski definition) is 0. The van der Waals surface area contributed by atoms with Gasteiger partial charge in [0.25, 0.3) is 5.88 Å². The predicted molar refractivity (Wildman–Crippen MR) is 77.6 cm³/mol. The van der Waals surface area contributed by atoms with Crippen molar-refractivity contribution in [2.24, 2.45) is 5.10 Å². The number of hydrazone groups is 1. The second-order valence-corrected chi connectivity index (χ2v) is 4.67. The van der Waals surface area contributed by atoms with Crippen molar-refractivity contribution in [1.82, 2.24) is 9.97 Å². The van der Waals surface area contributed by atoms with E-state index in [2.05, 4.69) is 15.1 Å². The van der Waals surface area contributed by atoms with Crippen LogP contribution in [0, 0.1) is 0 Å². The fourth-order valence-corrected chi connectivity index (χ4v) is 2.02. The maximum atomic E-state index is 11.7. The van der Waals surface area contributed by atoms with E-state index in [1.54, 1.807) is 32.2 Å². The molecule has 0 radical (unpaired) electrons. The molecule has 1 aromatic carbocycles. The number of carbonyl (C=O) groups excluding carboxylic acids is 1. The van der Waals surface area contributed by atoms with Gasteiger partial charge < -0.3 is 9.47 Å². The van der Waals surface area contributed by atoms with Gasteiger partial charge in [-0.05, 0) is 25.1 Å². The zero-order valence-corrected chi connectivity index (χ0v) is 12.1. The smallest absolute Gasteiger partial charge is 0.396 e. The first-order valence-corrected chi connectivity index (χ1v) is 6.61. The number of nitrogens with zero attached hydrogens (tertiary/aromatic N) is 4. The summed E-state index contributed by atoms with van der Waals surface area (Å²) in [5.41, 5.74) is 1.23. The van der Waals surface area contributed by atoms with Crippen molar-refractivity contribution in [3.8, 4) is 5.88 Å². The third-order valence-corrected chi connectivity index (χ3v) is 3.00. The Bertz CT molecular complexity index is 762. The Morgan fingerprint density at radius 2 is 2.19 bits per heavy atom. The van der Waals surface area contributed by atoms with E-state index in [4.69, 9.17) is 21.1 Å². The summed E-state index contributed by atoms with van der Waals surface area (Å²) in [4.78, 5) is 20.4. The van der Waals surface area contributed by atoms with Crippen LogP contribution in [-0.2, 0) is 9.53 Å². The van der Waals surface area contributed by atoms with Crippen LogP contribution < -0.4 is 9.75 Å². The molecule has 0 fully saturated rings. The van der Waals surface area contributed by atoms with Crippen molar-refractivity contribution in [3.63, 3.8) is 0 Å². The van der Waals surface area contributed by atoms with Crippen molar-refractivity contribution >= 4 is 40.3 Å². The lowest BCUT2D eigenvalue weighted by Gasteiger charge is -2.21. The number of rotatable bonds is 2. The molecule has 0 bridgehead atoms. The molecule has 0 spiro atoms. The van der Waals surface area contributed by atoms with Crippen LogP contribution in [0.25, 0.3) is 11.0 Å². The predicted octanol–water partition coefficient (Wildman–Crippen LogP) is 1.99. The number of benzene rings is 1. The Balaban J connectivity index is 2.04. The number of esters is 1. The van der Waals surface area contributed by atoms with E-state index in [0.29, 0.717) is 21.9 Å². The Hall–Kier alpha value is -2.41. The van der Waals surface area contributed by atoms with Gasteiger partial charge in [-0.15, -0.1) is 5.10 Å². The van der Waals surface area contributed by atoms with E-state index in [1.165, 1.54) is 5.01 Å². The van der Waals surface area contributed by atoms with Gasteiger partial charge in [0.05, 0.1) is 17.6 Å². The van der Waals surface area contributed by atoms with Gasteiger partial charge in [-0.3, -0.25) is 0 Å². The highest BCUT2D eigenvalue weighted by Gasteiger charge is 2.27. The summed E-state index contributed by atoms with van der Waals surface area (Å²) < 4.78 is 10.2. The summed E-state index contributed by atoms with van der Waals surface area (Å²) in [6.07, 6.45) is 0. The quantitative estimate of drug-likeness (QED) is 0.790. The van der Waals surface area contributed by atoms with E-state index < -0.39 is 5.97 Å². The number of anilines is 1. The third-order valence-electron chi connectivity index (χ3n) is 2.77. The molecular formula is C13H11ClN4O3. The molecule has 0 N–H and O–H groups in total. The minimum atomic E-state index is -0.650. The maximum absolute atomic E-state index is 11.7. The topological polar surface area (TPSA) is 76.9 Å². The van der Waals surface area contributed by atoms with E-state index >= 15 is 0 Å². The van der Waals surface area contributed by atoms with E-state index in [-0.39, 0.29) is 18.4 Å². The molecule has 7 nitrogen and oxygen atoms in total. The molecule has 0 unspecified atom stereocenters. The van der Waals surface area contributed by atoms with Crippen molar-refractivity contribution in [3.05, 3.63) is 23.2 Å². The summed E-state index contributed by atoms with van der Waals surface area (Å²) >= 11 is 5.93. The standard InChI is InChI=1S/C13H11ClN4O3/c1-3-20-13(19)12-17-18(2)10-11(21-12)16-9-6-7(14)4-5-8(9)15-10/h4-6H,3H2,1-2H3. The number of carbonyl (C=O) groups is 1. The lowest BCUT2D eigenvalue weighted by molar-refractivity contribution is -0.136. The van der Waals surface area contributed by atoms with Crippen molar-refractivity contribution < 1.29 is 14.3 Å². The Morgan fingerprint density at radius 1 is 1.38 bits per heavy atom. The normalized spacial score (nSPS) is 13.5. The fraction of sp³-hybridized carbons (Fsp3) is 0.231. The summed E-state index contributed by atoms with van der Waals surface area (Å²) in [5, 5.41) is 5.96. The van der Waals surface area contributed by atoms with Crippen LogP contribution >= 0.6 is 11.6 Å². The van der Waals surface area contributed by atoms with Crippen LogP contribution in [0.1, 0.15) is 6.92 Å². The lowest BCUT2D eigenvalue weighted by Crippen LogP contribution is -2.32. The number of halogens is 1. The molecule has 1 aliphatic rings. The van der Waals surface area contributed by atoms with Gasteiger partial charge in [-0.2, -0.15) is 0 Å². The van der Waals surface area contributed by atoms with Gasteiger partial charge in [0.2, 0.25) is 5.82 Å². The zero-order valence-electron chi connectivity index (χ0n) is 11.3. The molecule has 8 heteroatoms. The average molecular weight is 307 g/mol. The fourth-order valence-electron chi connectivity index (χ4n) is 1.85. The SMILES string of the molecule is CCOC(=O)C1=NN(C)c2nc3ccc(Cl)cc3nc2O1. The second-order valence-electron chi connectivity index (χ2n) is 4.24. The number of aromatic nitrogens is 2. The molecule has 0 aliphatic carbocycles. The van der Waals surface area contributed by atoms with Crippen molar-refractivity contribution in [2.75, 3.05) is 18.7 Å². The van der Waals surface area contributed by atoms with Gasteiger partial charge in [0.15, 0.2) is 0 Å². The van der Waals surface area contributed by atoms with Crippen LogP contribution in [-0.4, -0.2) is 35.5 Å². The Labute approximate surface area is 125 Å². The van der Waals surface area contributed by atoms with Crippen LogP contribution in [0.5, 0.6) is 5.88 Å². The average Bonchev–Trinajstić information content (AvgIpc) is 2.45. The maximum Gasteiger partial charge on any atom is 0.396 e. The largest absolute Gasteiger partial charge is 0.459 e. The second kappa shape index (κ2) is 5.17. The molecule has 3 rings (SSSR count). The molecule has 1 aromatic heterocycles. The molecule has 0 amide bonds. The summed E-state index contributed by atoms with van der Waals surface area (Å²) in [6.45, 7) is 1.94. The highest BCUT2D eigenvalue weighted by molar-refractivity contribution is 6.33. The molecule has 21 heavy (non-hydrogen) atoms. The van der Waals surface area contributed by atoms with E-state index in [0.717, 1.165) is 0 Å². The summed E-state index contributed by atoms with van der Waals surface area (Å²) in [5.74, 6) is -0.228. The van der Waals surface area contributed by atoms with Gasteiger partial charge in [-0.25, -0.2) is 19.8 Å². The summed E-state index contributed by atoms with van der Waals surface area (Å²) in [7, 11) is 1.65. The molecule has 0 atom stereocenters. The summed E-state index contributed by atoms with van der Waals surface area (Å²) in [6, 6.07) is 5.15. The van der Waals surface area contributed by atoms with Crippen LogP contribution in [0.4, 0.5) is 5.82 Å². The van der Waals surface area contributed by atoms with Crippen molar-refractivity contribution in [1.29, 1.82) is 0 Å². The van der Waals surface area contributed by atoms with Gasteiger partial charge in [-0.1, -0.05) is 11.6 Å². The lowest BCUT2D eigenvalue weighted by atomic mass is 10.3. The molecule has 2 aromatic rings. The molecule has 108 valence electrons. The van der Waals surface area contributed by atoms with Crippen LogP contribution in [0.2, 0.25) is 5.02 Å². The minimum Gasteiger partial charge on any atom is -0.459 e. The number of fused-ring (bicyclic) bond motifs is 2. The Kier molecular flexibility index (Phi) is 3.34. The molecular weight excluding hydrogens is 296 g/mol. The first-order valence-electron chi connectivity index (χ1n) is 6.23. The zero-order chi connectivity index (χ0) is 15.0. The Morgan fingerprint density at radius 3 is 2.95 bits per heavy atom. The molecule has 0 saturated carbocycles. The first-order chi connectivity index (χ1) is 10.1. The monoisotopic (exact) mass is 306 g/mol. The molecule has 1 aliphatic heterocycles. The van der Waals surface area contributed by atoms with Crippen LogP contribution in [0.3, 0.4) is 0 Å². The highest BCUT2D eigenvalue weighted by atomic mass is 35.5. The van der Waals surface area contributed by atoms with Gasteiger partial charge in [0, 0.05) is 12.1 Å². The van der Waals surface area contributed by atoms with E-state index in [9.17, 15) is 4.79 Å². The molecule has 0 saturated heterocycles. The third kappa shape index (κ3) is 2.47. The highest BCUT2D eigenvalue weighted by Crippen LogP contribution is 2.30. The van der Waals surface area contributed by atoms with Gasteiger partial charge >= 0.3 is 11.9 Å². The van der Waals surface area contributed by atoms with Crippen molar-refractivity contribution in [2.45, 2.75) is 6.92 Å². The number of hydrogen-bond acceptors (Lipinski definition) is 7. The first kappa shape index (κ1) is 13.6. The van der Waals surface area contributed by atoms with E-state index in [1.807, 2.05) is 0 Å². The van der Waals surface area contributed by atoms with Gasteiger partial charge in [0.1, 0.15) is 0 Å². The minimum absolute atomic E-state index is 0.178. The van der Waals surface area contributed by atoms with Crippen LogP contribution in [0.15, 0.2) is 23.3 Å². The molecule has 2 heterocycles.